The molecule has 1 aliphatic rings. The van der Waals surface area contributed by atoms with Gasteiger partial charge in [-0.3, -0.25) is 9.59 Å². The molecule has 0 N–H and O–H groups in total. The van der Waals surface area contributed by atoms with E-state index in [4.69, 9.17) is 4.74 Å². The number of Topliss-reactive ketones (excluding diaryl/α,β-unsaturated/α-hetero) is 1. The van der Waals surface area contributed by atoms with E-state index in [1.54, 1.807) is 24.1 Å². The van der Waals surface area contributed by atoms with Gasteiger partial charge >= 0.3 is 0 Å². The number of hydrogen-bond donors (Lipinski definition) is 0. The van der Waals surface area contributed by atoms with Crippen molar-refractivity contribution in [2.75, 3.05) is 20.2 Å². The molecule has 1 aromatic carbocycles. The fourth-order valence-corrected chi connectivity index (χ4v) is 2.52. The number of hydrogen-bond acceptors (Lipinski definition) is 3. The number of likely N-dealkylation sites (tertiary alicyclic amines) is 1. The summed E-state index contributed by atoms with van der Waals surface area (Å²) in [6.45, 7) is 0.832. The van der Waals surface area contributed by atoms with Crippen LogP contribution in [-0.4, -0.2) is 36.8 Å². The van der Waals surface area contributed by atoms with Crippen LogP contribution in [0.25, 0.3) is 0 Å². The maximum absolute atomic E-state index is 12.4. The van der Waals surface area contributed by atoms with Crippen molar-refractivity contribution in [3.05, 3.63) is 29.8 Å². The topological polar surface area (TPSA) is 46.6 Å². The van der Waals surface area contributed by atoms with Gasteiger partial charge < -0.3 is 9.64 Å². The van der Waals surface area contributed by atoms with Crippen LogP contribution in [0.15, 0.2) is 24.3 Å². The van der Waals surface area contributed by atoms with E-state index in [0.29, 0.717) is 24.3 Å². The first-order valence-electron chi connectivity index (χ1n) is 7.16. The molecular formula is C16H21NO3. The van der Waals surface area contributed by atoms with Gasteiger partial charge in [-0.25, -0.2) is 0 Å². The largest absolute Gasteiger partial charge is 0.496 e. The van der Waals surface area contributed by atoms with Gasteiger partial charge in [-0.15, -0.1) is 0 Å². The summed E-state index contributed by atoms with van der Waals surface area (Å²) in [4.78, 5) is 26.1. The molecule has 0 aliphatic carbocycles. The third kappa shape index (κ3) is 3.59. The van der Waals surface area contributed by atoms with Crippen molar-refractivity contribution in [2.24, 2.45) is 0 Å². The van der Waals surface area contributed by atoms with Crippen LogP contribution in [0.3, 0.4) is 0 Å². The minimum atomic E-state index is -0.0589. The van der Waals surface area contributed by atoms with Crippen molar-refractivity contribution in [1.82, 2.24) is 4.90 Å². The summed E-state index contributed by atoms with van der Waals surface area (Å²) in [5.41, 5.74) is 0.546. The number of para-hydroxylation sites is 1. The summed E-state index contributed by atoms with van der Waals surface area (Å²) in [7, 11) is 1.55. The van der Waals surface area contributed by atoms with E-state index < -0.39 is 0 Å². The van der Waals surface area contributed by atoms with Gasteiger partial charge in [0.05, 0.1) is 19.2 Å². The Morgan fingerprint density at radius 2 is 1.95 bits per heavy atom. The summed E-state index contributed by atoms with van der Waals surface area (Å²) in [5.74, 6) is 0.598. The van der Waals surface area contributed by atoms with Gasteiger partial charge in [0.25, 0.3) is 0 Å². The lowest BCUT2D eigenvalue weighted by Gasteiger charge is -2.24. The monoisotopic (exact) mass is 275 g/mol. The van der Waals surface area contributed by atoms with Crippen LogP contribution in [0.2, 0.25) is 0 Å². The van der Waals surface area contributed by atoms with Crippen LogP contribution in [0, 0.1) is 0 Å². The van der Waals surface area contributed by atoms with Gasteiger partial charge in [0.2, 0.25) is 5.91 Å². The number of carbonyl (C=O) groups excluding carboxylic acids is 2. The highest BCUT2D eigenvalue weighted by molar-refractivity contribution is 6.01. The number of benzene rings is 1. The SMILES string of the molecule is COc1ccccc1C(=O)CN1CCCCCCC1=O. The van der Waals surface area contributed by atoms with Gasteiger partial charge in [-0.1, -0.05) is 25.0 Å². The van der Waals surface area contributed by atoms with Crippen LogP contribution in [0.4, 0.5) is 0 Å². The van der Waals surface area contributed by atoms with E-state index in [0.717, 1.165) is 25.7 Å². The number of nitrogens with zero attached hydrogens (tertiary/aromatic N) is 1. The van der Waals surface area contributed by atoms with Crippen molar-refractivity contribution >= 4 is 11.7 Å². The van der Waals surface area contributed by atoms with E-state index in [1.165, 1.54) is 0 Å². The molecule has 1 aromatic rings. The Morgan fingerprint density at radius 1 is 1.20 bits per heavy atom. The molecular weight excluding hydrogens is 254 g/mol. The first kappa shape index (κ1) is 14.6. The summed E-state index contributed by atoms with van der Waals surface area (Å²) in [5, 5.41) is 0. The zero-order valence-corrected chi connectivity index (χ0v) is 11.9. The number of amides is 1. The highest BCUT2D eigenvalue weighted by Gasteiger charge is 2.20. The van der Waals surface area contributed by atoms with E-state index >= 15 is 0 Å². The Kier molecular flexibility index (Phi) is 5.16. The second-order valence-corrected chi connectivity index (χ2v) is 5.10. The van der Waals surface area contributed by atoms with Crippen molar-refractivity contribution in [3.63, 3.8) is 0 Å². The fraction of sp³-hybridized carbons (Fsp3) is 0.500. The second kappa shape index (κ2) is 7.08. The molecule has 20 heavy (non-hydrogen) atoms. The second-order valence-electron chi connectivity index (χ2n) is 5.10. The third-order valence-corrected chi connectivity index (χ3v) is 3.66. The van der Waals surface area contributed by atoms with Crippen LogP contribution < -0.4 is 4.74 Å². The Morgan fingerprint density at radius 3 is 2.75 bits per heavy atom. The average molecular weight is 275 g/mol. The predicted molar refractivity (Wildman–Crippen MR) is 77.0 cm³/mol. The number of methoxy groups -OCH3 is 1. The number of rotatable bonds is 4. The third-order valence-electron chi connectivity index (χ3n) is 3.66. The van der Waals surface area contributed by atoms with Crippen LogP contribution in [-0.2, 0) is 4.79 Å². The molecule has 0 bridgehead atoms. The van der Waals surface area contributed by atoms with Crippen LogP contribution >= 0.6 is 0 Å². The Balaban J connectivity index is 2.07. The van der Waals surface area contributed by atoms with E-state index in [9.17, 15) is 9.59 Å². The van der Waals surface area contributed by atoms with E-state index in [2.05, 4.69) is 0 Å². The van der Waals surface area contributed by atoms with Crippen molar-refractivity contribution in [3.8, 4) is 5.75 Å². The summed E-state index contributed by atoms with van der Waals surface area (Å²) < 4.78 is 5.20. The molecule has 1 fully saturated rings. The molecule has 0 radical (unpaired) electrons. The van der Waals surface area contributed by atoms with Gasteiger partial charge in [0, 0.05) is 13.0 Å². The molecule has 1 aliphatic heterocycles. The maximum Gasteiger partial charge on any atom is 0.222 e. The van der Waals surface area contributed by atoms with Gasteiger partial charge in [0.1, 0.15) is 5.75 Å². The Hall–Kier alpha value is -1.84. The van der Waals surface area contributed by atoms with Gasteiger partial charge in [-0.05, 0) is 25.0 Å². The molecule has 0 spiro atoms. The van der Waals surface area contributed by atoms with Gasteiger partial charge in [-0.2, -0.15) is 0 Å². The zero-order valence-electron chi connectivity index (χ0n) is 11.9. The molecule has 4 heteroatoms. The minimum Gasteiger partial charge on any atom is -0.496 e. The first-order valence-corrected chi connectivity index (χ1v) is 7.16. The molecule has 4 nitrogen and oxygen atoms in total. The van der Waals surface area contributed by atoms with E-state index in [-0.39, 0.29) is 18.2 Å². The lowest BCUT2D eigenvalue weighted by molar-refractivity contribution is -0.131. The van der Waals surface area contributed by atoms with Crippen LogP contribution in [0.1, 0.15) is 42.5 Å². The normalized spacial score (nSPS) is 16.4. The molecule has 108 valence electrons. The molecule has 1 heterocycles. The molecule has 0 saturated carbocycles. The van der Waals surface area contributed by atoms with Crippen LogP contribution in [0.5, 0.6) is 5.75 Å². The number of carbonyl (C=O) groups is 2. The minimum absolute atomic E-state index is 0.0589. The predicted octanol–water partition coefficient (Wildman–Crippen LogP) is 2.67. The summed E-state index contributed by atoms with van der Waals surface area (Å²) in [6, 6.07) is 7.15. The standard InChI is InChI=1S/C16H21NO3/c1-20-15-9-6-5-8-13(15)14(18)12-17-11-7-3-2-4-10-16(17)19/h5-6,8-9H,2-4,7,10-12H2,1H3. The highest BCUT2D eigenvalue weighted by Crippen LogP contribution is 2.19. The Labute approximate surface area is 119 Å². The van der Waals surface area contributed by atoms with Gasteiger partial charge in [0.15, 0.2) is 5.78 Å². The smallest absolute Gasteiger partial charge is 0.222 e. The Bertz CT molecular complexity index is 484. The molecule has 0 unspecified atom stereocenters. The maximum atomic E-state index is 12.4. The zero-order chi connectivity index (χ0) is 14.4. The summed E-state index contributed by atoms with van der Waals surface area (Å²) >= 11 is 0. The molecule has 1 saturated heterocycles. The lowest BCUT2D eigenvalue weighted by Crippen LogP contribution is -2.37. The highest BCUT2D eigenvalue weighted by atomic mass is 16.5. The molecule has 1 amide bonds. The van der Waals surface area contributed by atoms with Crippen molar-refractivity contribution in [2.45, 2.75) is 32.1 Å². The first-order chi connectivity index (χ1) is 9.72. The quantitative estimate of drug-likeness (QED) is 0.794. The molecule has 2 rings (SSSR count). The lowest BCUT2D eigenvalue weighted by atomic mass is 10.1. The molecule has 0 atom stereocenters. The van der Waals surface area contributed by atoms with Crippen molar-refractivity contribution in [1.29, 1.82) is 0 Å². The van der Waals surface area contributed by atoms with Crippen molar-refractivity contribution < 1.29 is 14.3 Å². The summed E-state index contributed by atoms with van der Waals surface area (Å²) in [6.07, 6.45) is 4.70. The number of ether oxygens (including phenoxy) is 1. The fourth-order valence-electron chi connectivity index (χ4n) is 2.52. The van der Waals surface area contributed by atoms with E-state index in [1.807, 2.05) is 12.1 Å². The number of ketones is 1. The molecule has 0 aromatic heterocycles. The average Bonchev–Trinajstić information content (AvgIpc) is 2.46.